The molecule has 0 N–H and O–H groups in total. The van der Waals surface area contributed by atoms with E-state index in [1.54, 1.807) is 0 Å². The molecule has 0 fully saturated rings. The Morgan fingerprint density at radius 1 is 1.35 bits per heavy atom. The number of aromatic nitrogens is 1. The number of esters is 1. The van der Waals surface area contributed by atoms with E-state index < -0.39 is 17.7 Å². The second-order valence-electron chi connectivity index (χ2n) is 5.53. The molecule has 0 radical (unpaired) electrons. The Balaban J connectivity index is 2.09. The molecule has 0 aliphatic carbocycles. The summed E-state index contributed by atoms with van der Waals surface area (Å²) in [7, 11) is 1.26. The van der Waals surface area contributed by atoms with Crippen molar-refractivity contribution in [3.63, 3.8) is 0 Å². The lowest BCUT2D eigenvalue weighted by atomic mass is 10.1. The van der Waals surface area contributed by atoms with Crippen LogP contribution in [0.4, 0.5) is 4.79 Å². The normalized spacial score (nSPS) is 14.7. The molecular weight excluding hydrogens is 264 g/mol. The first-order chi connectivity index (χ1) is 9.30. The van der Waals surface area contributed by atoms with E-state index in [-0.39, 0.29) is 12.4 Å². The molecule has 0 spiro atoms. The molecular formula is C13H18N2O5. The highest BCUT2D eigenvalue weighted by molar-refractivity contribution is 5.84. The van der Waals surface area contributed by atoms with Gasteiger partial charge in [0.25, 0.3) is 0 Å². The van der Waals surface area contributed by atoms with Crippen LogP contribution in [-0.2, 0) is 22.4 Å². The molecule has 2 rings (SSSR count). The molecule has 7 heteroatoms. The van der Waals surface area contributed by atoms with Gasteiger partial charge in [-0.1, -0.05) is 0 Å². The average Bonchev–Trinajstić information content (AvgIpc) is 2.78. The van der Waals surface area contributed by atoms with Gasteiger partial charge in [-0.2, -0.15) is 0 Å². The van der Waals surface area contributed by atoms with Crippen molar-refractivity contribution in [1.82, 2.24) is 9.88 Å². The largest absolute Gasteiger partial charge is 0.462 e. The second kappa shape index (κ2) is 5.15. The van der Waals surface area contributed by atoms with Gasteiger partial charge in [-0.15, -0.1) is 0 Å². The van der Waals surface area contributed by atoms with Crippen LogP contribution in [-0.4, -0.2) is 41.2 Å². The molecule has 0 bridgehead atoms. The highest BCUT2D eigenvalue weighted by Crippen LogP contribution is 2.22. The minimum absolute atomic E-state index is 0.0801. The van der Waals surface area contributed by atoms with Crippen LogP contribution >= 0.6 is 0 Å². The van der Waals surface area contributed by atoms with Crippen LogP contribution in [0.2, 0.25) is 0 Å². The number of hydrogen-bond acceptors (Lipinski definition) is 6. The highest BCUT2D eigenvalue weighted by Gasteiger charge is 2.30. The first-order valence-electron chi connectivity index (χ1n) is 6.35. The van der Waals surface area contributed by atoms with Crippen LogP contribution in [0.25, 0.3) is 0 Å². The third kappa shape index (κ3) is 3.09. The first kappa shape index (κ1) is 14.4. The molecule has 0 atom stereocenters. The summed E-state index contributed by atoms with van der Waals surface area (Å²) < 4.78 is 15.2. The number of fused-ring (bicyclic) bond motifs is 1. The zero-order chi connectivity index (χ0) is 14.9. The van der Waals surface area contributed by atoms with Gasteiger partial charge < -0.3 is 18.8 Å². The highest BCUT2D eigenvalue weighted by atomic mass is 16.6. The molecule has 0 saturated heterocycles. The van der Waals surface area contributed by atoms with Crippen molar-refractivity contribution >= 4 is 12.1 Å². The number of ether oxygens (including phenoxy) is 2. The standard InChI is InChI=1S/C13H18N2O5/c1-13(2,3)20-12(17)15-6-5-8-9(7-15)19-10(14-8)11(16)18-4/h5-7H2,1-4H3. The Morgan fingerprint density at radius 3 is 2.65 bits per heavy atom. The van der Waals surface area contributed by atoms with Gasteiger partial charge in [0, 0.05) is 13.0 Å². The monoisotopic (exact) mass is 282 g/mol. The van der Waals surface area contributed by atoms with Crippen molar-refractivity contribution in [2.24, 2.45) is 0 Å². The number of hydrogen-bond donors (Lipinski definition) is 0. The predicted molar refractivity (Wildman–Crippen MR) is 68.2 cm³/mol. The summed E-state index contributed by atoms with van der Waals surface area (Å²) in [6.45, 7) is 6.15. The molecule has 110 valence electrons. The maximum absolute atomic E-state index is 12.0. The molecule has 2 heterocycles. The summed E-state index contributed by atoms with van der Waals surface area (Å²) in [5, 5.41) is 0. The molecule has 1 aromatic heterocycles. The number of amides is 1. The van der Waals surface area contributed by atoms with E-state index in [1.165, 1.54) is 12.0 Å². The topological polar surface area (TPSA) is 81.9 Å². The van der Waals surface area contributed by atoms with Gasteiger partial charge in [-0.3, -0.25) is 0 Å². The third-order valence-electron chi connectivity index (χ3n) is 2.74. The Morgan fingerprint density at radius 2 is 2.05 bits per heavy atom. The summed E-state index contributed by atoms with van der Waals surface area (Å²) in [5.74, 6) is -0.200. The fourth-order valence-corrected chi connectivity index (χ4v) is 1.85. The van der Waals surface area contributed by atoms with E-state index in [2.05, 4.69) is 9.72 Å². The maximum Gasteiger partial charge on any atom is 0.410 e. The quantitative estimate of drug-likeness (QED) is 0.730. The van der Waals surface area contributed by atoms with Crippen LogP contribution in [0.15, 0.2) is 4.42 Å². The number of nitrogens with zero attached hydrogens (tertiary/aromatic N) is 2. The van der Waals surface area contributed by atoms with Crippen LogP contribution < -0.4 is 0 Å². The zero-order valence-corrected chi connectivity index (χ0v) is 12.1. The van der Waals surface area contributed by atoms with Crippen molar-refractivity contribution in [3.8, 4) is 0 Å². The smallest absolute Gasteiger partial charge is 0.410 e. The van der Waals surface area contributed by atoms with Gasteiger partial charge in [0.2, 0.25) is 0 Å². The van der Waals surface area contributed by atoms with E-state index >= 15 is 0 Å². The van der Waals surface area contributed by atoms with Gasteiger partial charge in [0.15, 0.2) is 0 Å². The van der Waals surface area contributed by atoms with Gasteiger partial charge in [-0.05, 0) is 20.8 Å². The van der Waals surface area contributed by atoms with Crippen molar-refractivity contribution in [3.05, 3.63) is 17.3 Å². The number of rotatable bonds is 1. The molecule has 0 unspecified atom stereocenters. The molecule has 1 aromatic rings. The predicted octanol–water partition coefficient (Wildman–Crippen LogP) is 1.75. The minimum atomic E-state index is -0.622. The van der Waals surface area contributed by atoms with Gasteiger partial charge >= 0.3 is 18.0 Å². The number of methoxy groups -OCH3 is 1. The van der Waals surface area contributed by atoms with Gasteiger partial charge in [0.1, 0.15) is 11.4 Å². The van der Waals surface area contributed by atoms with Crippen molar-refractivity contribution < 1.29 is 23.5 Å². The second-order valence-corrected chi connectivity index (χ2v) is 5.53. The lowest BCUT2D eigenvalue weighted by molar-refractivity contribution is 0.0208. The summed E-state index contributed by atoms with van der Waals surface area (Å²) in [6.07, 6.45) is 0.119. The fraction of sp³-hybridized carbons (Fsp3) is 0.615. The summed E-state index contributed by atoms with van der Waals surface area (Å²) in [4.78, 5) is 28.9. The summed E-state index contributed by atoms with van der Waals surface area (Å²) in [5.41, 5.74) is 0.140. The number of oxazole rings is 1. The van der Waals surface area contributed by atoms with E-state index in [0.717, 1.165) is 0 Å². The molecule has 7 nitrogen and oxygen atoms in total. The SMILES string of the molecule is COC(=O)c1nc2c(o1)CN(C(=O)OC(C)(C)C)CC2. The zero-order valence-electron chi connectivity index (χ0n) is 12.1. The fourth-order valence-electron chi connectivity index (χ4n) is 1.85. The molecule has 1 aliphatic heterocycles. The van der Waals surface area contributed by atoms with E-state index in [1.807, 2.05) is 20.8 Å². The molecule has 20 heavy (non-hydrogen) atoms. The van der Waals surface area contributed by atoms with E-state index in [0.29, 0.717) is 24.4 Å². The van der Waals surface area contributed by atoms with Crippen LogP contribution in [0.1, 0.15) is 42.9 Å². The number of carbonyl (C=O) groups excluding carboxylic acids is 2. The molecule has 0 saturated carbocycles. The van der Waals surface area contributed by atoms with Crippen LogP contribution in [0, 0.1) is 0 Å². The number of carbonyl (C=O) groups is 2. The van der Waals surface area contributed by atoms with Crippen molar-refractivity contribution in [2.45, 2.75) is 39.3 Å². The third-order valence-corrected chi connectivity index (χ3v) is 2.74. The van der Waals surface area contributed by atoms with Gasteiger partial charge in [-0.25, -0.2) is 14.6 Å². The Kier molecular flexibility index (Phi) is 3.69. The van der Waals surface area contributed by atoms with Crippen molar-refractivity contribution in [2.75, 3.05) is 13.7 Å². The average molecular weight is 282 g/mol. The Hall–Kier alpha value is -2.05. The maximum atomic E-state index is 12.0. The minimum Gasteiger partial charge on any atom is -0.462 e. The van der Waals surface area contributed by atoms with Crippen LogP contribution in [0.5, 0.6) is 0 Å². The first-order valence-corrected chi connectivity index (χ1v) is 6.35. The van der Waals surface area contributed by atoms with Crippen LogP contribution in [0.3, 0.4) is 0 Å². The molecule has 1 aliphatic rings. The molecule has 1 amide bonds. The molecule has 0 aromatic carbocycles. The summed E-state index contributed by atoms with van der Waals surface area (Å²) >= 11 is 0. The Bertz CT molecular complexity index is 529. The lowest BCUT2D eigenvalue weighted by Crippen LogP contribution is -2.39. The van der Waals surface area contributed by atoms with E-state index in [4.69, 9.17) is 9.15 Å². The van der Waals surface area contributed by atoms with Crippen molar-refractivity contribution in [1.29, 1.82) is 0 Å². The van der Waals surface area contributed by atoms with E-state index in [9.17, 15) is 9.59 Å². The van der Waals surface area contributed by atoms with Gasteiger partial charge in [0.05, 0.1) is 19.3 Å². The lowest BCUT2D eigenvalue weighted by Gasteiger charge is -2.28. The Labute approximate surface area is 116 Å². The summed E-state index contributed by atoms with van der Waals surface area (Å²) in [6, 6.07) is 0.